The Balaban J connectivity index is 4.40. The van der Waals surface area contributed by atoms with Crippen LogP contribution in [0.15, 0.2) is 23.3 Å². The van der Waals surface area contributed by atoms with E-state index in [-0.39, 0.29) is 11.5 Å². The maximum Gasteiger partial charge on any atom is 0.454 e. The van der Waals surface area contributed by atoms with Crippen molar-refractivity contribution in [3.8, 4) is 0 Å². The summed E-state index contributed by atoms with van der Waals surface area (Å²) in [6.45, 7) is 5.05. The number of halogens is 4. The van der Waals surface area contributed by atoms with Gasteiger partial charge < -0.3 is 0 Å². The maximum atomic E-state index is 11.7. The van der Waals surface area contributed by atoms with E-state index in [1.807, 2.05) is 0 Å². The zero-order valence-electron chi connectivity index (χ0n) is 6.91. The zero-order chi connectivity index (χ0) is 10.6. The number of alkyl halides is 3. The predicted octanol–water partition coefficient (Wildman–Crippen LogP) is 3.21. The van der Waals surface area contributed by atoms with Gasteiger partial charge in [-0.1, -0.05) is 23.8 Å². The van der Waals surface area contributed by atoms with Gasteiger partial charge >= 0.3 is 6.18 Å². The van der Waals surface area contributed by atoms with Crippen LogP contribution in [0.25, 0.3) is 0 Å². The average Bonchev–Trinajstić information content (AvgIpc) is 1.82. The molecule has 0 aromatic carbocycles. The molecule has 0 aromatic rings. The SMILES string of the molecule is C=C(C)CC(Cl)=CC(=O)C(F)(F)F. The number of allylic oxidation sites excluding steroid dienone is 3. The van der Waals surface area contributed by atoms with E-state index in [1.54, 1.807) is 6.92 Å². The highest BCUT2D eigenvalue weighted by Crippen LogP contribution is 2.20. The van der Waals surface area contributed by atoms with Crippen LogP contribution in [0.2, 0.25) is 0 Å². The van der Waals surface area contributed by atoms with Crippen LogP contribution in [-0.2, 0) is 4.79 Å². The normalized spacial score (nSPS) is 12.8. The molecule has 0 aromatic heterocycles. The van der Waals surface area contributed by atoms with E-state index in [0.29, 0.717) is 11.6 Å². The highest BCUT2D eigenvalue weighted by molar-refractivity contribution is 6.31. The van der Waals surface area contributed by atoms with Crippen LogP contribution in [0, 0.1) is 0 Å². The summed E-state index contributed by atoms with van der Waals surface area (Å²) in [4.78, 5) is 10.3. The fourth-order valence-electron chi connectivity index (χ4n) is 0.563. The molecule has 0 aliphatic rings. The van der Waals surface area contributed by atoms with Gasteiger partial charge in [0.1, 0.15) is 0 Å². The third-order valence-corrected chi connectivity index (χ3v) is 1.28. The van der Waals surface area contributed by atoms with Crippen molar-refractivity contribution in [2.24, 2.45) is 0 Å². The molecule has 0 bridgehead atoms. The number of ketones is 1. The Morgan fingerprint density at radius 1 is 1.54 bits per heavy atom. The zero-order valence-corrected chi connectivity index (χ0v) is 7.67. The van der Waals surface area contributed by atoms with Crippen LogP contribution < -0.4 is 0 Å². The van der Waals surface area contributed by atoms with Crippen molar-refractivity contribution in [3.05, 3.63) is 23.3 Å². The maximum absolute atomic E-state index is 11.7. The van der Waals surface area contributed by atoms with Crippen LogP contribution in [-0.4, -0.2) is 12.0 Å². The Labute approximate surface area is 78.9 Å². The molecule has 0 N–H and O–H groups in total. The van der Waals surface area contributed by atoms with Gasteiger partial charge in [0.15, 0.2) is 0 Å². The third-order valence-electron chi connectivity index (χ3n) is 1.04. The second-order valence-corrected chi connectivity index (χ2v) is 3.07. The highest BCUT2D eigenvalue weighted by Gasteiger charge is 2.36. The number of carbonyl (C=O) groups excluding carboxylic acids is 1. The van der Waals surface area contributed by atoms with E-state index in [4.69, 9.17) is 11.6 Å². The number of hydrogen-bond donors (Lipinski definition) is 0. The molecule has 0 radical (unpaired) electrons. The summed E-state index contributed by atoms with van der Waals surface area (Å²) in [5, 5.41) is -0.158. The first-order valence-electron chi connectivity index (χ1n) is 3.35. The quantitative estimate of drug-likeness (QED) is 0.519. The van der Waals surface area contributed by atoms with Crippen molar-refractivity contribution in [1.82, 2.24) is 0 Å². The Morgan fingerprint density at radius 3 is 2.31 bits per heavy atom. The van der Waals surface area contributed by atoms with Crippen LogP contribution in [0.1, 0.15) is 13.3 Å². The summed E-state index contributed by atoms with van der Waals surface area (Å²) in [5.74, 6) is -1.95. The van der Waals surface area contributed by atoms with Crippen molar-refractivity contribution in [2.75, 3.05) is 0 Å². The molecular formula is C8H8ClF3O. The van der Waals surface area contributed by atoms with Crippen LogP contribution in [0.3, 0.4) is 0 Å². The van der Waals surface area contributed by atoms with Gasteiger partial charge in [-0.2, -0.15) is 13.2 Å². The average molecular weight is 213 g/mol. The molecule has 0 heterocycles. The van der Waals surface area contributed by atoms with E-state index in [2.05, 4.69) is 6.58 Å². The van der Waals surface area contributed by atoms with Crippen LogP contribution in [0.4, 0.5) is 13.2 Å². The summed E-state index contributed by atoms with van der Waals surface area (Å²) in [5.41, 5.74) is 0.594. The summed E-state index contributed by atoms with van der Waals surface area (Å²) in [7, 11) is 0. The lowest BCUT2D eigenvalue weighted by Gasteiger charge is -2.01. The topological polar surface area (TPSA) is 17.1 Å². The Kier molecular flexibility index (Phi) is 4.20. The lowest BCUT2D eigenvalue weighted by Crippen LogP contribution is -2.20. The van der Waals surface area contributed by atoms with Gasteiger partial charge in [-0.05, 0) is 6.92 Å². The first-order chi connectivity index (χ1) is 5.73. The molecule has 5 heteroatoms. The van der Waals surface area contributed by atoms with Crippen LogP contribution in [0.5, 0.6) is 0 Å². The summed E-state index contributed by atoms with van der Waals surface area (Å²) in [6, 6.07) is 0. The first kappa shape index (κ1) is 12.2. The first-order valence-corrected chi connectivity index (χ1v) is 3.73. The van der Waals surface area contributed by atoms with Crippen molar-refractivity contribution >= 4 is 17.4 Å². The fraction of sp³-hybridized carbons (Fsp3) is 0.375. The monoisotopic (exact) mass is 212 g/mol. The molecule has 0 spiro atoms. The predicted molar refractivity (Wildman–Crippen MR) is 44.4 cm³/mol. The molecule has 0 unspecified atom stereocenters. The third kappa shape index (κ3) is 5.47. The van der Waals surface area contributed by atoms with Crippen molar-refractivity contribution < 1.29 is 18.0 Å². The Bertz CT molecular complexity index is 253. The molecular weight excluding hydrogens is 205 g/mol. The van der Waals surface area contributed by atoms with E-state index in [1.165, 1.54) is 0 Å². The molecule has 0 aliphatic carbocycles. The van der Waals surface area contributed by atoms with Gasteiger partial charge in [-0.3, -0.25) is 4.79 Å². The second kappa shape index (κ2) is 4.46. The van der Waals surface area contributed by atoms with Gasteiger partial charge in [-0.15, -0.1) is 0 Å². The Morgan fingerprint density at radius 2 is 2.00 bits per heavy atom. The molecule has 0 aliphatic heterocycles. The minimum atomic E-state index is -4.85. The van der Waals surface area contributed by atoms with Gasteiger partial charge in [0, 0.05) is 17.5 Å². The summed E-state index contributed by atoms with van der Waals surface area (Å²) >= 11 is 5.36. The van der Waals surface area contributed by atoms with E-state index in [9.17, 15) is 18.0 Å². The number of carbonyl (C=O) groups is 1. The van der Waals surface area contributed by atoms with E-state index < -0.39 is 12.0 Å². The Hall–Kier alpha value is -0.770. The molecule has 0 rings (SSSR count). The van der Waals surface area contributed by atoms with Crippen LogP contribution >= 0.6 is 11.6 Å². The second-order valence-electron chi connectivity index (χ2n) is 2.59. The fourth-order valence-corrected chi connectivity index (χ4v) is 0.891. The largest absolute Gasteiger partial charge is 0.454 e. The standard InChI is InChI=1S/C8H8ClF3O/c1-5(2)3-6(9)4-7(13)8(10,11)12/h4H,1,3H2,2H3. The van der Waals surface area contributed by atoms with Crippen molar-refractivity contribution in [2.45, 2.75) is 19.5 Å². The minimum Gasteiger partial charge on any atom is -0.285 e. The summed E-state index contributed by atoms with van der Waals surface area (Å²) in [6.07, 6.45) is -4.39. The molecule has 1 nitrogen and oxygen atoms in total. The molecule has 0 saturated heterocycles. The van der Waals surface area contributed by atoms with Crippen molar-refractivity contribution in [1.29, 1.82) is 0 Å². The van der Waals surface area contributed by atoms with E-state index >= 15 is 0 Å². The van der Waals surface area contributed by atoms with E-state index in [0.717, 1.165) is 0 Å². The lowest BCUT2D eigenvalue weighted by atomic mass is 10.2. The molecule has 74 valence electrons. The van der Waals surface area contributed by atoms with Gasteiger partial charge in [-0.25, -0.2) is 0 Å². The number of rotatable bonds is 3. The molecule has 0 saturated carbocycles. The molecule has 0 amide bonds. The van der Waals surface area contributed by atoms with Crippen molar-refractivity contribution in [3.63, 3.8) is 0 Å². The number of hydrogen-bond acceptors (Lipinski definition) is 1. The molecule has 0 atom stereocenters. The highest BCUT2D eigenvalue weighted by atomic mass is 35.5. The lowest BCUT2D eigenvalue weighted by molar-refractivity contribution is -0.165. The summed E-state index contributed by atoms with van der Waals surface area (Å²) < 4.78 is 35.0. The van der Waals surface area contributed by atoms with Gasteiger partial charge in [0.2, 0.25) is 0 Å². The van der Waals surface area contributed by atoms with Gasteiger partial charge in [0.25, 0.3) is 5.78 Å². The smallest absolute Gasteiger partial charge is 0.285 e. The molecule has 13 heavy (non-hydrogen) atoms. The minimum absolute atomic E-state index is 0.0867. The van der Waals surface area contributed by atoms with Gasteiger partial charge in [0.05, 0.1) is 0 Å². The molecule has 0 fully saturated rings.